The molecule has 0 bridgehead atoms. The fraction of sp³-hybridized carbons (Fsp3) is 0.500. The zero-order valence-electron chi connectivity index (χ0n) is 13.8. The zero-order valence-corrected chi connectivity index (χ0v) is 13.8. The van der Waals surface area contributed by atoms with E-state index < -0.39 is 0 Å². The van der Waals surface area contributed by atoms with Crippen LogP contribution in [0.5, 0.6) is 6.01 Å². The van der Waals surface area contributed by atoms with Crippen LogP contribution in [0.3, 0.4) is 0 Å². The lowest BCUT2D eigenvalue weighted by atomic mass is 10.2. The summed E-state index contributed by atoms with van der Waals surface area (Å²) >= 11 is 0. The van der Waals surface area contributed by atoms with Crippen molar-refractivity contribution in [3.05, 3.63) is 34.5 Å². The molecular weight excluding hydrogens is 296 g/mol. The Bertz CT molecular complexity index is 701. The van der Waals surface area contributed by atoms with E-state index in [9.17, 15) is 4.79 Å². The van der Waals surface area contributed by atoms with Crippen LogP contribution in [0.4, 0.5) is 0 Å². The number of carbonyl (C=O) groups excluding carboxylic acids is 1. The number of aryl methyl sites for hydroxylation is 4. The van der Waals surface area contributed by atoms with Crippen molar-refractivity contribution in [3.63, 3.8) is 0 Å². The Hall–Kier alpha value is -2.44. The fourth-order valence-corrected chi connectivity index (χ4v) is 2.85. The fourth-order valence-electron chi connectivity index (χ4n) is 2.85. The minimum atomic E-state index is -0.0966. The van der Waals surface area contributed by atoms with Gasteiger partial charge in [-0.25, -0.2) is 9.97 Å². The van der Waals surface area contributed by atoms with Gasteiger partial charge in [0.15, 0.2) is 0 Å². The van der Waals surface area contributed by atoms with Crippen LogP contribution in [0.25, 0.3) is 0 Å². The summed E-state index contributed by atoms with van der Waals surface area (Å²) < 4.78 is 10.9. The smallest absolute Gasteiger partial charge is 0.317 e. The maximum absolute atomic E-state index is 12.6. The predicted octanol–water partition coefficient (Wildman–Crippen LogP) is 1.99. The minimum Gasteiger partial charge on any atom is -0.458 e. The van der Waals surface area contributed by atoms with Gasteiger partial charge in [-0.05, 0) is 33.8 Å². The lowest BCUT2D eigenvalue weighted by molar-refractivity contribution is 0.0767. The van der Waals surface area contributed by atoms with Crippen LogP contribution in [0.1, 0.15) is 39.6 Å². The Morgan fingerprint density at radius 2 is 1.96 bits per heavy atom. The van der Waals surface area contributed by atoms with E-state index in [-0.39, 0.29) is 12.0 Å². The molecule has 3 heterocycles. The Morgan fingerprint density at radius 1 is 1.26 bits per heavy atom. The van der Waals surface area contributed by atoms with E-state index in [1.807, 2.05) is 19.9 Å². The number of aromatic nitrogens is 3. The molecule has 1 fully saturated rings. The number of hydrogen-bond donors (Lipinski definition) is 0. The molecule has 0 unspecified atom stereocenters. The second kappa shape index (κ2) is 5.98. The van der Waals surface area contributed by atoms with Crippen LogP contribution < -0.4 is 4.74 Å². The molecule has 2 aromatic rings. The van der Waals surface area contributed by atoms with Gasteiger partial charge in [-0.1, -0.05) is 5.16 Å². The van der Waals surface area contributed by atoms with Gasteiger partial charge in [-0.15, -0.1) is 0 Å². The van der Waals surface area contributed by atoms with Gasteiger partial charge in [0.25, 0.3) is 5.91 Å². The van der Waals surface area contributed by atoms with Crippen molar-refractivity contribution in [3.8, 4) is 6.01 Å². The van der Waals surface area contributed by atoms with Crippen LogP contribution >= 0.6 is 0 Å². The molecule has 0 saturated carbocycles. The summed E-state index contributed by atoms with van der Waals surface area (Å²) in [6, 6.07) is 2.27. The lowest BCUT2D eigenvalue weighted by Gasteiger charge is -2.16. The predicted molar refractivity (Wildman–Crippen MR) is 82.4 cm³/mol. The summed E-state index contributed by atoms with van der Waals surface area (Å²) in [4.78, 5) is 22.9. The van der Waals surface area contributed by atoms with E-state index in [1.54, 1.807) is 18.7 Å². The van der Waals surface area contributed by atoms with Crippen LogP contribution in [0, 0.1) is 27.7 Å². The normalized spacial score (nSPS) is 17.6. The summed E-state index contributed by atoms with van der Waals surface area (Å²) in [5, 5.41) is 3.84. The van der Waals surface area contributed by atoms with Crippen LogP contribution in [0.15, 0.2) is 10.6 Å². The molecule has 0 spiro atoms. The highest BCUT2D eigenvalue weighted by molar-refractivity contribution is 5.96. The maximum Gasteiger partial charge on any atom is 0.317 e. The van der Waals surface area contributed by atoms with Gasteiger partial charge in [-0.2, -0.15) is 0 Å². The van der Waals surface area contributed by atoms with Crippen molar-refractivity contribution in [1.82, 2.24) is 20.0 Å². The van der Waals surface area contributed by atoms with Crippen molar-refractivity contribution in [2.45, 2.75) is 40.2 Å². The first-order chi connectivity index (χ1) is 10.9. The summed E-state index contributed by atoms with van der Waals surface area (Å²) in [6.45, 7) is 8.49. The van der Waals surface area contributed by atoms with Crippen molar-refractivity contribution in [1.29, 1.82) is 0 Å². The van der Waals surface area contributed by atoms with Gasteiger partial charge in [0, 0.05) is 24.4 Å². The van der Waals surface area contributed by atoms with Crippen LogP contribution in [0.2, 0.25) is 0 Å². The molecule has 7 heteroatoms. The molecule has 2 aromatic heterocycles. The zero-order chi connectivity index (χ0) is 16.6. The number of carbonyl (C=O) groups is 1. The average molecular weight is 316 g/mol. The Kier molecular flexibility index (Phi) is 4.02. The average Bonchev–Trinajstić information content (AvgIpc) is 3.04. The molecule has 1 aliphatic heterocycles. The topological polar surface area (TPSA) is 81.4 Å². The highest BCUT2D eigenvalue weighted by Crippen LogP contribution is 2.21. The van der Waals surface area contributed by atoms with E-state index in [0.717, 1.165) is 17.8 Å². The summed E-state index contributed by atoms with van der Waals surface area (Å²) in [6.07, 6.45) is 0.659. The van der Waals surface area contributed by atoms with Gasteiger partial charge in [0.05, 0.1) is 12.2 Å². The Morgan fingerprint density at radius 3 is 2.57 bits per heavy atom. The third-order valence-electron chi connectivity index (χ3n) is 3.91. The second-order valence-electron chi connectivity index (χ2n) is 5.91. The standard InChI is InChI=1S/C16H20N4O3/c1-9-7-10(2)18-16(17-9)22-13-5-6-20(8-13)15(21)14-11(3)19-23-12(14)4/h7,13H,5-6,8H2,1-4H3/t13-/m1/s1. The monoisotopic (exact) mass is 316 g/mol. The maximum atomic E-state index is 12.6. The molecule has 0 aliphatic carbocycles. The number of nitrogens with zero attached hydrogens (tertiary/aromatic N) is 4. The molecule has 3 rings (SSSR count). The van der Waals surface area contributed by atoms with Gasteiger partial charge >= 0.3 is 6.01 Å². The van der Waals surface area contributed by atoms with Gasteiger partial charge in [-0.3, -0.25) is 4.79 Å². The van der Waals surface area contributed by atoms with Crippen molar-refractivity contribution in [2.24, 2.45) is 0 Å². The summed E-state index contributed by atoms with van der Waals surface area (Å²) in [5.74, 6) is 0.489. The molecule has 23 heavy (non-hydrogen) atoms. The number of likely N-dealkylation sites (tertiary alicyclic amines) is 1. The van der Waals surface area contributed by atoms with Crippen LogP contribution in [-0.4, -0.2) is 45.1 Å². The minimum absolute atomic E-state index is 0.0614. The van der Waals surface area contributed by atoms with E-state index in [4.69, 9.17) is 9.26 Å². The molecule has 7 nitrogen and oxygen atoms in total. The first kappa shape index (κ1) is 15.5. The third kappa shape index (κ3) is 3.18. The first-order valence-corrected chi connectivity index (χ1v) is 7.65. The lowest BCUT2D eigenvalue weighted by Crippen LogP contribution is -2.31. The van der Waals surface area contributed by atoms with E-state index in [2.05, 4.69) is 15.1 Å². The highest BCUT2D eigenvalue weighted by Gasteiger charge is 2.31. The Labute approximate surface area is 134 Å². The van der Waals surface area contributed by atoms with Gasteiger partial charge < -0.3 is 14.2 Å². The molecule has 1 amide bonds. The van der Waals surface area contributed by atoms with Crippen molar-refractivity contribution >= 4 is 5.91 Å². The summed E-state index contributed by atoms with van der Waals surface area (Å²) in [5.41, 5.74) is 2.91. The molecule has 1 aliphatic rings. The number of ether oxygens (including phenoxy) is 1. The van der Waals surface area contributed by atoms with Gasteiger partial charge in [0.2, 0.25) is 0 Å². The SMILES string of the molecule is Cc1cc(C)nc(O[C@@H]2CCN(C(=O)c3c(C)noc3C)C2)n1. The van der Waals surface area contributed by atoms with E-state index in [1.165, 1.54) is 0 Å². The highest BCUT2D eigenvalue weighted by atomic mass is 16.5. The largest absolute Gasteiger partial charge is 0.458 e. The summed E-state index contributed by atoms with van der Waals surface area (Å²) in [7, 11) is 0. The third-order valence-corrected chi connectivity index (χ3v) is 3.91. The van der Waals surface area contributed by atoms with Gasteiger partial charge in [0.1, 0.15) is 17.4 Å². The van der Waals surface area contributed by atoms with Crippen molar-refractivity contribution in [2.75, 3.05) is 13.1 Å². The molecule has 0 radical (unpaired) electrons. The number of hydrogen-bond acceptors (Lipinski definition) is 6. The number of amides is 1. The van der Waals surface area contributed by atoms with E-state index >= 15 is 0 Å². The number of rotatable bonds is 3. The molecule has 1 atom stereocenters. The molecule has 1 saturated heterocycles. The molecule has 0 N–H and O–H groups in total. The van der Waals surface area contributed by atoms with Crippen LogP contribution in [-0.2, 0) is 0 Å². The Balaban J connectivity index is 1.68. The molecule has 0 aromatic carbocycles. The molecule has 122 valence electrons. The first-order valence-electron chi connectivity index (χ1n) is 7.65. The molecular formula is C16H20N4O3. The van der Waals surface area contributed by atoms with Crippen molar-refractivity contribution < 1.29 is 14.1 Å². The quantitative estimate of drug-likeness (QED) is 0.861. The van der Waals surface area contributed by atoms with E-state index in [0.29, 0.717) is 36.1 Å². The second-order valence-corrected chi connectivity index (χ2v) is 5.91.